The second kappa shape index (κ2) is 16.2. The minimum atomic E-state index is -0.698. The summed E-state index contributed by atoms with van der Waals surface area (Å²) in [6, 6.07) is 13.1. The van der Waals surface area contributed by atoms with Gasteiger partial charge in [0.25, 0.3) is 5.91 Å². The van der Waals surface area contributed by atoms with Crippen molar-refractivity contribution in [2.75, 3.05) is 19.1 Å². The second-order valence-electron chi connectivity index (χ2n) is 11.1. The Morgan fingerprint density at radius 1 is 1.02 bits per heavy atom. The number of amides is 1. The van der Waals surface area contributed by atoms with E-state index in [2.05, 4.69) is 26.1 Å². The summed E-state index contributed by atoms with van der Waals surface area (Å²) in [6.45, 7) is 8.76. The van der Waals surface area contributed by atoms with Crippen molar-refractivity contribution in [1.29, 1.82) is 0 Å². The molecule has 1 aliphatic rings. The summed E-state index contributed by atoms with van der Waals surface area (Å²) in [6.07, 6.45) is 8.84. The van der Waals surface area contributed by atoms with Crippen LogP contribution in [-0.4, -0.2) is 55.3 Å². The highest BCUT2D eigenvalue weighted by atomic mass is 32.2. The van der Waals surface area contributed by atoms with E-state index in [1.807, 2.05) is 55.6 Å². The Labute approximate surface area is 244 Å². The van der Waals surface area contributed by atoms with Crippen molar-refractivity contribution in [3.05, 3.63) is 59.2 Å². The molecule has 0 aliphatic heterocycles. The Hall–Kier alpha value is -2.35. The summed E-state index contributed by atoms with van der Waals surface area (Å²) in [5, 5.41) is 2.91. The Balaban J connectivity index is 1.84. The van der Waals surface area contributed by atoms with E-state index in [9.17, 15) is 9.59 Å². The summed E-state index contributed by atoms with van der Waals surface area (Å²) in [5.41, 5.74) is 4.37. The Bertz CT molecular complexity index is 1100. The number of carbonyl (C=O) groups is 2. The Morgan fingerprint density at radius 3 is 2.40 bits per heavy atom. The fourth-order valence-corrected chi connectivity index (χ4v) is 6.02. The van der Waals surface area contributed by atoms with Gasteiger partial charge in [-0.25, -0.2) is 4.79 Å². The molecule has 0 saturated heterocycles. The average Bonchev–Trinajstić information content (AvgIpc) is 2.96. The Morgan fingerprint density at radius 2 is 1.75 bits per heavy atom. The molecule has 0 radical (unpaired) electrons. The van der Waals surface area contributed by atoms with Crippen LogP contribution in [-0.2, 0) is 25.6 Å². The van der Waals surface area contributed by atoms with Crippen molar-refractivity contribution in [2.24, 2.45) is 5.92 Å². The number of methoxy groups -OCH3 is 1. The molecule has 3 rings (SSSR count). The number of aryl methyl sites for hydroxylation is 1. The van der Waals surface area contributed by atoms with Gasteiger partial charge in [0, 0.05) is 5.56 Å². The van der Waals surface area contributed by atoms with E-state index in [0.717, 1.165) is 28.0 Å². The van der Waals surface area contributed by atoms with Gasteiger partial charge < -0.3 is 19.5 Å². The zero-order valence-corrected chi connectivity index (χ0v) is 25.9. The van der Waals surface area contributed by atoms with Gasteiger partial charge in [-0.15, -0.1) is 0 Å². The smallest absolute Gasteiger partial charge is 0.328 e. The first-order valence-electron chi connectivity index (χ1n) is 14.6. The van der Waals surface area contributed by atoms with Crippen LogP contribution < -0.4 is 5.32 Å². The minimum Gasteiger partial charge on any atom is -0.467 e. The largest absolute Gasteiger partial charge is 0.467 e. The standard InChI is InChI=1S/C33H47NO5S/c1-22(2)39-31(26-13-8-7-9-14-26)24(4)38-21-25-16-17-28(29(20-25)27-15-11-10-12-23(27)3)32(35)34-30(18-19-40-6)33(36)37-5/h10-12,15-17,20,22,24,26,30-31H,7-9,13-14,18-19,21H2,1-6H3,(H,34,35)/t24-,30-,31?/m0/s1. The van der Waals surface area contributed by atoms with Gasteiger partial charge in [-0.05, 0) is 99.3 Å². The van der Waals surface area contributed by atoms with Crippen molar-refractivity contribution in [1.82, 2.24) is 5.32 Å². The molecule has 0 aromatic heterocycles. The van der Waals surface area contributed by atoms with Gasteiger partial charge in [-0.2, -0.15) is 11.8 Å². The monoisotopic (exact) mass is 569 g/mol. The number of hydrogen-bond acceptors (Lipinski definition) is 6. The highest BCUT2D eigenvalue weighted by molar-refractivity contribution is 7.98. The van der Waals surface area contributed by atoms with Gasteiger partial charge >= 0.3 is 5.97 Å². The van der Waals surface area contributed by atoms with E-state index in [0.29, 0.717) is 24.5 Å². The zero-order chi connectivity index (χ0) is 29.1. The number of benzene rings is 2. The van der Waals surface area contributed by atoms with Crippen molar-refractivity contribution in [3.8, 4) is 11.1 Å². The first-order valence-corrected chi connectivity index (χ1v) is 16.0. The van der Waals surface area contributed by atoms with Crippen LogP contribution in [0.25, 0.3) is 11.1 Å². The molecule has 1 N–H and O–H groups in total. The Kier molecular flexibility index (Phi) is 13.0. The molecule has 6 nitrogen and oxygen atoms in total. The minimum absolute atomic E-state index is 0.0485. The first kappa shape index (κ1) is 32.2. The van der Waals surface area contributed by atoms with Gasteiger partial charge in [0.1, 0.15) is 6.04 Å². The third kappa shape index (κ3) is 9.08. The number of carbonyl (C=O) groups excluding carboxylic acids is 2. The first-order chi connectivity index (χ1) is 19.2. The van der Waals surface area contributed by atoms with Crippen LogP contribution in [0.4, 0.5) is 0 Å². The predicted octanol–water partition coefficient (Wildman–Crippen LogP) is 6.97. The van der Waals surface area contributed by atoms with Crippen LogP contribution in [0.15, 0.2) is 42.5 Å². The predicted molar refractivity (Wildman–Crippen MR) is 164 cm³/mol. The number of hydrogen-bond donors (Lipinski definition) is 1. The lowest BCUT2D eigenvalue weighted by Crippen LogP contribution is -2.42. The van der Waals surface area contributed by atoms with Gasteiger partial charge in [-0.1, -0.05) is 49.6 Å². The van der Waals surface area contributed by atoms with E-state index < -0.39 is 12.0 Å². The maximum Gasteiger partial charge on any atom is 0.328 e. The van der Waals surface area contributed by atoms with E-state index in [1.165, 1.54) is 39.2 Å². The molecule has 0 heterocycles. The van der Waals surface area contributed by atoms with E-state index in [1.54, 1.807) is 11.8 Å². The molecule has 2 aromatic carbocycles. The second-order valence-corrected chi connectivity index (χ2v) is 12.1. The number of thioether (sulfide) groups is 1. The number of ether oxygens (including phenoxy) is 3. The van der Waals surface area contributed by atoms with Crippen LogP contribution in [0.3, 0.4) is 0 Å². The van der Waals surface area contributed by atoms with Crippen LogP contribution in [0.5, 0.6) is 0 Å². The van der Waals surface area contributed by atoms with Gasteiger partial charge in [0.05, 0.1) is 32.0 Å². The van der Waals surface area contributed by atoms with Crippen LogP contribution in [0.2, 0.25) is 0 Å². The lowest BCUT2D eigenvalue weighted by Gasteiger charge is -2.35. The SMILES string of the molecule is COC(=O)[C@H](CCSC)NC(=O)c1ccc(CO[C@@H](C)C(OC(C)C)C2CCCCC2)cc1-c1ccccc1C. The molecule has 1 aliphatic carbocycles. The molecule has 220 valence electrons. The number of esters is 1. The van der Waals surface area contributed by atoms with Crippen molar-refractivity contribution in [2.45, 2.75) is 97.2 Å². The molecular formula is C33H47NO5S. The lowest BCUT2D eigenvalue weighted by atomic mass is 9.83. The molecule has 0 spiro atoms. The highest BCUT2D eigenvalue weighted by Crippen LogP contribution is 2.32. The van der Waals surface area contributed by atoms with Gasteiger partial charge in [0.15, 0.2) is 0 Å². The quantitative estimate of drug-likeness (QED) is 0.248. The summed E-state index contributed by atoms with van der Waals surface area (Å²) < 4.78 is 17.8. The zero-order valence-electron chi connectivity index (χ0n) is 25.0. The summed E-state index contributed by atoms with van der Waals surface area (Å²) in [5.74, 6) is 0.531. The highest BCUT2D eigenvalue weighted by Gasteiger charge is 2.30. The molecule has 2 aromatic rings. The summed E-state index contributed by atoms with van der Waals surface area (Å²) in [4.78, 5) is 25.9. The molecule has 1 amide bonds. The third-order valence-electron chi connectivity index (χ3n) is 7.68. The average molecular weight is 570 g/mol. The molecule has 7 heteroatoms. The molecule has 0 bridgehead atoms. The van der Waals surface area contributed by atoms with Gasteiger partial charge in [0.2, 0.25) is 0 Å². The van der Waals surface area contributed by atoms with Crippen LogP contribution in [0.1, 0.15) is 80.8 Å². The van der Waals surface area contributed by atoms with Crippen LogP contribution in [0, 0.1) is 12.8 Å². The summed E-state index contributed by atoms with van der Waals surface area (Å²) in [7, 11) is 1.35. The number of rotatable bonds is 14. The fourth-order valence-electron chi connectivity index (χ4n) is 5.54. The van der Waals surface area contributed by atoms with Gasteiger partial charge in [-0.3, -0.25) is 4.79 Å². The molecule has 40 heavy (non-hydrogen) atoms. The van der Waals surface area contributed by atoms with E-state index in [4.69, 9.17) is 14.2 Å². The summed E-state index contributed by atoms with van der Waals surface area (Å²) >= 11 is 1.62. The van der Waals surface area contributed by atoms with Crippen molar-refractivity contribution < 1.29 is 23.8 Å². The molecular weight excluding hydrogens is 522 g/mol. The molecule has 3 atom stereocenters. The van der Waals surface area contributed by atoms with Crippen molar-refractivity contribution in [3.63, 3.8) is 0 Å². The maximum atomic E-state index is 13.5. The van der Waals surface area contributed by atoms with Crippen LogP contribution >= 0.6 is 11.8 Å². The fraction of sp³-hybridized carbons (Fsp3) is 0.576. The third-order valence-corrected chi connectivity index (χ3v) is 8.33. The van der Waals surface area contributed by atoms with E-state index >= 15 is 0 Å². The maximum absolute atomic E-state index is 13.5. The van der Waals surface area contributed by atoms with Crippen molar-refractivity contribution >= 4 is 23.6 Å². The molecule has 1 fully saturated rings. The molecule has 1 saturated carbocycles. The lowest BCUT2D eigenvalue weighted by molar-refractivity contribution is -0.142. The number of nitrogens with one attached hydrogen (secondary N) is 1. The molecule has 1 unspecified atom stereocenters. The topological polar surface area (TPSA) is 73.9 Å². The van der Waals surface area contributed by atoms with E-state index in [-0.39, 0.29) is 24.2 Å². The normalized spacial score (nSPS) is 16.4.